The summed E-state index contributed by atoms with van der Waals surface area (Å²) < 4.78 is 5.84. The average Bonchev–Trinajstić information content (AvgIpc) is 2.79. The van der Waals surface area contributed by atoms with Gasteiger partial charge in [0.1, 0.15) is 5.75 Å². The zero-order valence-electron chi connectivity index (χ0n) is 17.4. The molecule has 1 nitrogen and oxygen atoms in total. The molecule has 0 amide bonds. The van der Waals surface area contributed by atoms with Gasteiger partial charge in [-0.2, -0.15) is 0 Å². The highest BCUT2D eigenvalue weighted by molar-refractivity contribution is 5.64. The molecule has 0 bridgehead atoms. The van der Waals surface area contributed by atoms with E-state index < -0.39 is 0 Å². The van der Waals surface area contributed by atoms with Crippen LogP contribution >= 0.6 is 0 Å². The van der Waals surface area contributed by atoms with Crippen LogP contribution in [-0.2, 0) is 0 Å². The van der Waals surface area contributed by atoms with Crippen molar-refractivity contribution in [3.63, 3.8) is 0 Å². The standard InChI is InChI=1S/C28H30O/c1-2-3-4-5-6-10-23-29-28-21-17-25(18-22-28)14-13-24-15-19-27(20-16-24)26-11-8-7-9-12-26/h7-9,11-12,15-22H,2-6,10,23H2,1H3. The van der Waals surface area contributed by atoms with Crippen molar-refractivity contribution in [2.24, 2.45) is 0 Å². The van der Waals surface area contributed by atoms with E-state index in [4.69, 9.17) is 4.74 Å². The van der Waals surface area contributed by atoms with E-state index in [-0.39, 0.29) is 0 Å². The minimum Gasteiger partial charge on any atom is -0.494 e. The van der Waals surface area contributed by atoms with E-state index in [1.165, 1.54) is 43.2 Å². The maximum Gasteiger partial charge on any atom is 0.119 e. The zero-order valence-corrected chi connectivity index (χ0v) is 17.4. The van der Waals surface area contributed by atoms with E-state index in [0.717, 1.165) is 29.9 Å². The molecule has 148 valence electrons. The number of hydrogen-bond donors (Lipinski definition) is 0. The lowest BCUT2D eigenvalue weighted by molar-refractivity contribution is 0.304. The first-order chi connectivity index (χ1) is 14.3. The monoisotopic (exact) mass is 382 g/mol. The summed E-state index contributed by atoms with van der Waals surface area (Å²) in [5.41, 5.74) is 4.46. The molecule has 0 aromatic heterocycles. The summed E-state index contributed by atoms with van der Waals surface area (Å²) in [5, 5.41) is 0. The molecular formula is C28H30O. The van der Waals surface area contributed by atoms with Gasteiger partial charge in [-0.15, -0.1) is 0 Å². The SMILES string of the molecule is CCCCCCCCOc1ccc(C#Cc2ccc(-c3ccccc3)cc2)cc1. The van der Waals surface area contributed by atoms with Crippen LogP contribution in [0.1, 0.15) is 56.6 Å². The molecule has 0 radical (unpaired) electrons. The Bertz CT molecular complexity index is 897. The number of rotatable bonds is 9. The zero-order chi connectivity index (χ0) is 20.2. The van der Waals surface area contributed by atoms with Gasteiger partial charge in [0.25, 0.3) is 0 Å². The topological polar surface area (TPSA) is 9.23 Å². The van der Waals surface area contributed by atoms with Gasteiger partial charge >= 0.3 is 0 Å². The lowest BCUT2D eigenvalue weighted by Gasteiger charge is -2.06. The summed E-state index contributed by atoms with van der Waals surface area (Å²) in [6.45, 7) is 3.05. The molecule has 3 rings (SSSR count). The second-order valence-corrected chi connectivity index (χ2v) is 7.33. The van der Waals surface area contributed by atoms with E-state index in [1.54, 1.807) is 0 Å². The Morgan fingerprint density at radius 1 is 0.586 bits per heavy atom. The van der Waals surface area contributed by atoms with Gasteiger partial charge in [0.05, 0.1) is 6.61 Å². The highest BCUT2D eigenvalue weighted by Crippen LogP contribution is 2.19. The Morgan fingerprint density at radius 2 is 1.14 bits per heavy atom. The predicted octanol–water partition coefficient (Wildman–Crippen LogP) is 7.49. The predicted molar refractivity (Wildman–Crippen MR) is 123 cm³/mol. The Hall–Kier alpha value is -2.98. The molecule has 0 spiro atoms. The second kappa shape index (κ2) is 11.8. The normalized spacial score (nSPS) is 10.2. The Balaban J connectivity index is 1.47. The molecule has 0 heterocycles. The molecular weight excluding hydrogens is 352 g/mol. The van der Waals surface area contributed by atoms with E-state index in [2.05, 4.69) is 67.3 Å². The maximum atomic E-state index is 5.84. The lowest BCUT2D eigenvalue weighted by atomic mass is 10.0. The Morgan fingerprint density at radius 3 is 1.79 bits per heavy atom. The van der Waals surface area contributed by atoms with Crippen LogP contribution in [0.3, 0.4) is 0 Å². The number of ether oxygens (including phenoxy) is 1. The van der Waals surface area contributed by atoms with Gasteiger partial charge in [-0.05, 0) is 53.9 Å². The summed E-state index contributed by atoms with van der Waals surface area (Å²) in [4.78, 5) is 0. The van der Waals surface area contributed by atoms with E-state index >= 15 is 0 Å². The van der Waals surface area contributed by atoms with Crippen LogP contribution in [0, 0.1) is 11.8 Å². The summed E-state index contributed by atoms with van der Waals surface area (Å²) in [5.74, 6) is 7.41. The largest absolute Gasteiger partial charge is 0.494 e. The summed E-state index contributed by atoms with van der Waals surface area (Å²) >= 11 is 0. The average molecular weight is 383 g/mol. The molecule has 0 aliphatic rings. The first-order valence-corrected chi connectivity index (χ1v) is 10.8. The summed E-state index contributed by atoms with van der Waals surface area (Å²) in [7, 11) is 0. The van der Waals surface area contributed by atoms with Crippen molar-refractivity contribution >= 4 is 0 Å². The smallest absolute Gasteiger partial charge is 0.119 e. The number of benzene rings is 3. The van der Waals surface area contributed by atoms with Crippen molar-refractivity contribution < 1.29 is 4.74 Å². The van der Waals surface area contributed by atoms with Crippen LogP contribution < -0.4 is 4.74 Å². The van der Waals surface area contributed by atoms with Crippen molar-refractivity contribution in [1.82, 2.24) is 0 Å². The number of unbranched alkanes of at least 4 members (excludes halogenated alkanes) is 5. The van der Waals surface area contributed by atoms with Crippen molar-refractivity contribution in [2.45, 2.75) is 45.4 Å². The van der Waals surface area contributed by atoms with Gasteiger partial charge in [-0.1, -0.05) is 93.3 Å². The molecule has 0 saturated heterocycles. The minimum absolute atomic E-state index is 0.797. The quantitative estimate of drug-likeness (QED) is 0.275. The molecule has 0 N–H and O–H groups in total. The molecule has 0 atom stereocenters. The van der Waals surface area contributed by atoms with Gasteiger partial charge in [0.15, 0.2) is 0 Å². The van der Waals surface area contributed by atoms with Gasteiger partial charge in [0.2, 0.25) is 0 Å². The van der Waals surface area contributed by atoms with Crippen LogP contribution in [0.2, 0.25) is 0 Å². The number of hydrogen-bond acceptors (Lipinski definition) is 1. The van der Waals surface area contributed by atoms with Crippen LogP contribution in [0.25, 0.3) is 11.1 Å². The second-order valence-electron chi connectivity index (χ2n) is 7.33. The lowest BCUT2D eigenvalue weighted by Crippen LogP contribution is -1.97. The molecule has 0 fully saturated rings. The van der Waals surface area contributed by atoms with Gasteiger partial charge < -0.3 is 4.74 Å². The Labute approximate surface area is 175 Å². The van der Waals surface area contributed by atoms with Crippen LogP contribution in [-0.4, -0.2) is 6.61 Å². The molecule has 1 heteroatoms. The van der Waals surface area contributed by atoms with Gasteiger partial charge in [-0.3, -0.25) is 0 Å². The van der Waals surface area contributed by atoms with Gasteiger partial charge in [-0.25, -0.2) is 0 Å². The molecule has 3 aromatic carbocycles. The Kier molecular flexibility index (Phi) is 8.42. The molecule has 0 aliphatic carbocycles. The summed E-state index contributed by atoms with van der Waals surface area (Å²) in [6.07, 6.45) is 7.69. The highest BCUT2D eigenvalue weighted by atomic mass is 16.5. The fourth-order valence-electron chi connectivity index (χ4n) is 3.23. The van der Waals surface area contributed by atoms with E-state index in [1.807, 2.05) is 30.3 Å². The van der Waals surface area contributed by atoms with Crippen LogP contribution in [0.4, 0.5) is 0 Å². The van der Waals surface area contributed by atoms with Crippen molar-refractivity contribution in [1.29, 1.82) is 0 Å². The molecule has 0 aliphatic heterocycles. The fourth-order valence-corrected chi connectivity index (χ4v) is 3.23. The third kappa shape index (κ3) is 7.16. The third-order valence-corrected chi connectivity index (χ3v) is 4.96. The third-order valence-electron chi connectivity index (χ3n) is 4.96. The van der Waals surface area contributed by atoms with E-state index in [9.17, 15) is 0 Å². The molecule has 0 unspecified atom stereocenters. The minimum atomic E-state index is 0.797. The van der Waals surface area contributed by atoms with E-state index in [0.29, 0.717) is 0 Å². The molecule has 29 heavy (non-hydrogen) atoms. The first kappa shape index (κ1) is 20.7. The van der Waals surface area contributed by atoms with Gasteiger partial charge in [0, 0.05) is 11.1 Å². The van der Waals surface area contributed by atoms with Crippen molar-refractivity contribution in [3.8, 4) is 28.7 Å². The van der Waals surface area contributed by atoms with Crippen LogP contribution in [0.15, 0.2) is 78.9 Å². The molecule has 0 saturated carbocycles. The summed E-state index contributed by atoms with van der Waals surface area (Å²) in [6, 6.07) is 26.9. The maximum absolute atomic E-state index is 5.84. The van der Waals surface area contributed by atoms with Crippen molar-refractivity contribution in [3.05, 3.63) is 90.0 Å². The fraction of sp³-hybridized carbons (Fsp3) is 0.286. The first-order valence-electron chi connectivity index (χ1n) is 10.8. The van der Waals surface area contributed by atoms with Crippen LogP contribution in [0.5, 0.6) is 5.75 Å². The molecule has 3 aromatic rings. The van der Waals surface area contributed by atoms with Crippen molar-refractivity contribution in [2.75, 3.05) is 6.61 Å². The highest BCUT2D eigenvalue weighted by Gasteiger charge is 1.97.